The molecular formula is C24H33N3O4+2. The molecule has 0 saturated carbocycles. The van der Waals surface area contributed by atoms with Gasteiger partial charge in [-0.15, -0.1) is 0 Å². The number of quaternary nitrogens is 2. The van der Waals surface area contributed by atoms with Gasteiger partial charge in [0.1, 0.15) is 69.2 Å². The van der Waals surface area contributed by atoms with Crippen LogP contribution in [0.25, 0.3) is 0 Å². The van der Waals surface area contributed by atoms with Crippen molar-refractivity contribution in [1.82, 2.24) is 0 Å². The molecule has 1 heterocycles. The third-order valence-corrected chi connectivity index (χ3v) is 5.77. The minimum Gasteiger partial charge on any atom is -0.497 e. The monoisotopic (exact) mass is 427 g/mol. The summed E-state index contributed by atoms with van der Waals surface area (Å²) >= 11 is 0. The number of nitriles is 1. The molecule has 1 fully saturated rings. The minimum atomic E-state index is -0.506. The topological polar surface area (TPSA) is 80.6 Å². The van der Waals surface area contributed by atoms with Crippen LogP contribution in [0.4, 0.5) is 0 Å². The molecule has 166 valence electrons. The third kappa shape index (κ3) is 6.86. The standard InChI is InChI=1S/C24H31N3O4/c1-29-23-7-8-24(30-2)20(15-23)16-26-11-13-27(14-12-26)17-21(28)18-31-22-5-3-19(4-6-22)9-10-25/h3-8,15,21,28H,9,11-14,16-18H2,1-2H3/p+2/t21-/m0/s1. The SMILES string of the molecule is COc1ccc(OC)c(C[NH+]2CC[NH+](C[C@H](O)COc3ccc(CC#N)cc3)CC2)c1. The van der Waals surface area contributed by atoms with Crippen LogP contribution in [0.3, 0.4) is 0 Å². The van der Waals surface area contributed by atoms with Gasteiger partial charge in [-0.3, -0.25) is 0 Å². The van der Waals surface area contributed by atoms with Gasteiger partial charge in [0.2, 0.25) is 0 Å². The average molecular weight is 428 g/mol. The molecule has 1 aliphatic rings. The predicted molar refractivity (Wildman–Crippen MR) is 117 cm³/mol. The van der Waals surface area contributed by atoms with Crippen molar-refractivity contribution in [1.29, 1.82) is 5.26 Å². The maximum atomic E-state index is 10.4. The molecule has 0 aliphatic carbocycles. The largest absolute Gasteiger partial charge is 0.497 e. The van der Waals surface area contributed by atoms with Crippen molar-refractivity contribution >= 4 is 0 Å². The lowest BCUT2D eigenvalue weighted by molar-refractivity contribution is -1.02. The summed E-state index contributed by atoms with van der Waals surface area (Å²) in [6.45, 7) is 5.98. The van der Waals surface area contributed by atoms with E-state index >= 15 is 0 Å². The second kappa shape index (κ2) is 11.6. The number of rotatable bonds is 10. The van der Waals surface area contributed by atoms with Crippen molar-refractivity contribution in [2.24, 2.45) is 0 Å². The van der Waals surface area contributed by atoms with E-state index in [1.807, 2.05) is 36.4 Å². The number of aliphatic hydroxyl groups excluding tert-OH is 1. The molecule has 0 unspecified atom stereocenters. The maximum absolute atomic E-state index is 10.4. The highest BCUT2D eigenvalue weighted by atomic mass is 16.5. The fourth-order valence-corrected chi connectivity index (χ4v) is 4.01. The summed E-state index contributed by atoms with van der Waals surface area (Å²) in [6.07, 6.45) is -0.112. The van der Waals surface area contributed by atoms with E-state index in [1.54, 1.807) is 14.2 Å². The summed E-state index contributed by atoms with van der Waals surface area (Å²) < 4.78 is 16.6. The molecule has 1 atom stereocenters. The summed E-state index contributed by atoms with van der Waals surface area (Å²) in [4.78, 5) is 2.92. The lowest BCUT2D eigenvalue weighted by Gasteiger charge is -2.31. The van der Waals surface area contributed by atoms with Crippen molar-refractivity contribution in [3.8, 4) is 23.3 Å². The molecule has 7 nitrogen and oxygen atoms in total. The second-order valence-corrected chi connectivity index (χ2v) is 8.00. The molecule has 0 radical (unpaired) electrons. The van der Waals surface area contributed by atoms with Crippen LogP contribution in [0.5, 0.6) is 17.2 Å². The van der Waals surface area contributed by atoms with Gasteiger partial charge in [0, 0.05) is 0 Å². The quantitative estimate of drug-likeness (QED) is 0.476. The van der Waals surface area contributed by atoms with Gasteiger partial charge in [-0.1, -0.05) is 12.1 Å². The smallest absolute Gasteiger partial charge is 0.137 e. The number of aliphatic hydroxyl groups is 1. The first-order valence-electron chi connectivity index (χ1n) is 10.8. The Morgan fingerprint density at radius 3 is 2.29 bits per heavy atom. The zero-order valence-electron chi connectivity index (χ0n) is 18.4. The fourth-order valence-electron chi connectivity index (χ4n) is 4.01. The first-order chi connectivity index (χ1) is 15.1. The third-order valence-electron chi connectivity index (χ3n) is 5.77. The Morgan fingerprint density at radius 2 is 1.65 bits per heavy atom. The highest BCUT2D eigenvalue weighted by Crippen LogP contribution is 2.23. The number of piperazine rings is 1. The lowest BCUT2D eigenvalue weighted by Crippen LogP contribution is -3.28. The summed E-state index contributed by atoms with van der Waals surface area (Å²) in [6, 6.07) is 15.5. The van der Waals surface area contributed by atoms with Gasteiger partial charge in [-0.05, 0) is 35.9 Å². The van der Waals surface area contributed by atoms with E-state index in [4.69, 9.17) is 19.5 Å². The molecule has 2 aromatic rings. The van der Waals surface area contributed by atoms with Gasteiger partial charge in [-0.25, -0.2) is 0 Å². The van der Waals surface area contributed by atoms with Crippen molar-refractivity contribution in [2.75, 3.05) is 53.6 Å². The van der Waals surface area contributed by atoms with Gasteiger partial charge in [0.15, 0.2) is 0 Å². The van der Waals surface area contributed by atoms with E-state index in [-0.39, 0.29) is 6.61 Å². The zero-order chi connectivity index (χ0) is 22.1. The van der Waals surface area contributed by atoms with Gasteiger partial charge < -0.3 is 29.1 Å². The number of benzene rings is 2. The van der Waals surface area contributed by atoms with E-state index < -0.39 is 6.10 Å². The van der Waals surface area contributed by atoms with Gasteiger partial charge in [0.05, 0.1) is 32.3 Å². The van der Waals surface area contributed by atoms with Crippen molar-refractivity contribution in [3.05, 3.63) is 53.6 Å². The van der Waals surface area contributed by atoms with E-state index in [2.05, 4.69) is 12.1 Å². The summed E-state index contributed by atoms with van der Waals surface area (Å²) in [5.74, 6) is 2.47. The Morgan fingerprint density at radius 1 is 0.968 bits per heavy atom. The molecule has 31 heavy (non-hydrogen) atoms. The number of methoxy groups -OCH3 is 2. The summed E-state index contributed by atoms with van der Waals surface area (Å²) in [5, 5.41) is 19.1. The van der Waals surface area contributed by atoms with Gasteiger partial charge in [-0.2, -0.15) is 5.26 Å². The van der Waals surface area contributed by atoms with Crippen LogP contribution in [0.15, 0.2) is 42.5 Å². The molecular weight excluding hydrogens is 394 g/mol. The molecule has 3 rings (SSSR count). The first-order valence-corrected chi connectivity index (χ1v) is 10.8. The van der Waals surface area contributed by atoms with E-state index in [0.29, 0.717) is 13.0 Å². The van der Waals surface area contributed by atoms with E-state index in [9.17, 15) is 5.11 Å². The van der Waals surface area contributed by atoms with Gasteiger partial charge in [0.25, 0.3) is 0 Å². The Balaban J connectivity index is 1.41. The van der Waals surface area contributed by atoms with Crippen LogP contribution < -0.4 is 24.0 Å². The number of ether oxygens (including phenoxy) is 3. The van der Waals surface area contributed by atoms with Crippen LogP contribution in [-0.4, -0.2) is 64.8 Å². The number of hydrogen-bond donors (Lipinski definition) is 3. The molecule has 0 spiro atoms. The molecule has 0 amide bonds. The van der Waals surface area contributed by atoms with Crippen LogP contribution in [0.1, 0.15) is 11.1 Å². The zero-order valence-corrected chi connectivity index (χ0v) is 18.4. The Hall–Kier alpha value is -2.79. The Bertz CT molecular complexity index is 858. The summed E-state index contributed by atoms with van der Waals surface area (Å²) in [7, 11) is 3.38. The second-order valence-electron chi connectivity index (χ2n) is 8.00. The minimum absolute atomic E-state index is 0.276. The molecule has 0 bridgehead atoms. The normalized spacial score (nSPS) is 19.3. The van der Waals surface area contributed by atoms with Crippen LogP contribution >= 0.6 is 0 Å². The first kappa shape index (κ1) is 22.9. The molecule has 0 aromatic heterocycles. The number of nitrogens with one attached hydrogen (secondary N) is 2. The molecule has 7 heteroatoms. The van der Waals surface area contributed by atoms with E-state index in [1.165, 1.54) is 9.80 Å². The predicted octanol–water partition coefficient (Wildman–Crippen LogP) is -0.507. The highest BCUT2D eigenvalue weighted by molar-refractivity contribution is 5.39. The molecule has 1 saturated heterocycles. The van der Waals surface area contributed by atoms with Gasteiger partial charge >= 0.3 is 0 Å². The van der Waals surface area contributed by atoms with Crippen LogP contribution in [-0.2, 0) is 13.0 Å². The number of hydrogen-bond acceptors (Lipinski definition) is 5. The lowest BCUT2D eigenvalue weighted by atomic mass is 10.1. The molecule has 3 N–H and O–H groups in total. The number of nitrogens with zero attached hydrogens (tertiary/aromatic N) is 1. The fraction of sp³-hybridized carbons (Fsp3) is 0.458. The van der Waals surface area contributed by atoms with E-state index in [0.717, 1.165) is 61.1 Å². The Labute approximate surface area is 184 Å². The molecule has 1 aliphatic heterocycles. The highest BCUT2D eigenvalue weighted by Gasteiger charge is 2.26. The molecule has 2 aromatic carbocycles. The average Bonchev–Trinajstić information content (AvgIpc) is 2.80. The van der Waals surface area contributed by atoms with Crippen molar-refractivity contribution in [2.45, 2.75) is 19.1 Å². The summed E-state index contributed by atoms with van der Waals surface area (Å²) in [5.41, 5.74) is 2.13. The van der Waals surface area contributed by atoms with Crippen molar-refractivity contribution in [3.63, 3.8) is 0 Å². The van der Waals surface area contributed by atoms with Crippen molar-refractivity contribution < 1.29 is 29.1 Å². The maximum Gasteiger partial charge on any atom is 0.137 e. The van der Waals surface area contributed by atoms with Crippen LogP contribution in [0, 0.1) is 11.3 Å². The Kier molecular flexibility index (Phi) is 8.53. The van der Waals surface area contributed by atoms with Crippen LogP contribution in [0.2, 0.25) is 0 Å².